The van der Waals surface area contributed by atoms with Crippen molar-refractivity contribution in [2.75, 3.05) is 0 Å². The first-order valence-electron chi connectivity index (χ1n) is 7.27. The van der Waals surface area contributed by atoms with E-state index in [4.69, 9.17) is 0 Å². The molecule has 0 saturated carbocycles. The highest BCUT2D eigenvalue weighted by atomic mass is 16.6. The van der Waals surface area contributed by atoms with Crippen LogP contribution in [-0.2, 0) is 6.54 Å². The van der Waals surface area contributed by atoms with Crippen molar-refractivity contribution in [3.8, 4) is 0 Å². The van der Waals surface area contributed by atoms with Gasteiger partial charge in [-0.2, -0.15) is 5.10 Å². The van der Waals surface area contributed by atoms with Crippen molar-refractivity contribution in [1.82, 2.24) is 9.78 Å². The molecular formula is C16H21N3O3. The van der Waals surface area contributed by atoms with Crippen LogP contribution in [0.5, 0.6) is 0 Å². The molecule has 1 aromatic carbocycles. The van der Waals surface area contributed by atoms with E-state index in [2.05, 4.69) is 18.9 Å². The van der Waals surface area contributed by atoms with Crippen molar-refractivity contribution < 1.29 is 10.0 Å². The zero-order valence-electron chi connectivity index (χ0n) is 13.3. The Morgan fingerprint density at radius 1 is 1.23 bits per heavy atom. The highest BCUT2D eigenvalue weighted by Gasteiger charge is 2.23. The number of hydrogen-bond donors (Lipinski definition) is 1. The first-order chi connectivity index (χ1) is 10.3. The van der Waals surface area contributed by atoms with E-state index in [1.807, 2.05) is 24.3 Å². The van der Waals surface area contributed by atoms with Crippen LogP contribution >= 0.6 is 0 Å². The quantitative estimate of drug-likeness (QED) is 0.679. The molecule has 0 fully saturated rings. The van der Waals surface area contributed by atoms with Gasteiger partial charge in [0.2, 0.25) is 0 Å². The van der Waals surface area contributed by atoms with Crippen molar-refractivity contribution in [2.45, 2.75) is 46.3 Å². The van der Waals surface area contributed by atoms with Gasteiger partial charge in [0.15, 0.2) is 0 Å². The average Bonchev–Trinajstić information content (AvgIpc) is 2.73. The van der Waals surface area contributed by atoms with Gasteiger partial charge in [-0.15, -0.1) is 0 Å². The normalized spacial score (nSPS) is 12.6. The molecule has 118 valence electrons. The zero-order chi connectivity index (χ0) is 16.4. The fourth-order valence-electron chi connectivity index (χ4n) is 2.50. The summed E-state index contributed by atoms with van der Waals surface area (Å²) in [6.07, 6.45) is -0.751. The van der Waals surface area contributed by atoms with E-state index in [9.17, 15) is 15.2 Å². The van der Waals surface area contributed by atoms with E-state index in [0.29, 0.717) is 17.3 Å². The third-order valence-electron chi connectivity index (χ3n) is 3.86. The molecule has 0 radical (unpaired) electrons. The summed E-state index contributed by atoms with van der Waals surface area (Å²) in [5, 5.41) is 25.5. The number of nitrogens with zero attached hydrogens (tertiary/aromatic N) is 3. The summed E-state index contributed by atoms with van der Waals surface area (Å²) < 4.78 is 1.49. The van der Waals surface area contributed by atoms with Crippen LogP contribution in [0.25, 0.3) is 0 Å². The van der Waals surface area contributed by atoms with E-state index in [-0.39, 0.29) is 12.2 Å². The lowest BCUT2D eigenvalue weighted by Crippen LogP contribution is -2.11. The maximum absolute atomic E-state index is 11.0. The highest BCUT2D eigenvalue weighted by molar-refractivity contribution is 5.39. The molecule has 2 aromatic rings. The minimum atomic E-state index is -0.751. The van der Waals surface area contributed by atoms with Crippen LogP contribution < -0.4 is 0 Å². The molecule has 0 bridgehead atoms. The van der Waals surface area contributed by atoms with Crippen molar-refractivity contribution in [3.63, 3.8) is 0 Å². The number of hydrogen-bond acceptors (Lipinski definition) is 4. The van der Waals surface area contributed by atoms with Gasteiger partial charge in [0, 0.05) is 0 Å². The van der Waals surface area contributed by atoms with Gasteiger partial charge in [-0.05, 0) is 30.9 Å². The molecule has 1 atom stereocenters. The van der Waals surface area contributed by atoms with Crippen LogP contribution in [0.3, 0.4) is 0 Å². The SMILES string of the molecule is Cc1nn(CC(O)c2ccc(C(C)C)cc2)c(C)c1[N+](=O)[O-]. The molecule has 6 nitrogen and oxygen atoms in total. The lowest BCUT2D eigenvalue weighted by Gasteiger charge is -2.13. The van der Waals surface area contributed by atoms with Gasteiger partial charge in [0.1, 0.15) is 11.4 Å². The summed E-state index contributed by atoms with van der Waals surface area (Å²) in [5.41, 5.74) is 2.82. The number of benzene rings is 1. The Morgan fingerprint density at radius 2 is 1.77 bits per heavy atom. The molecule has 6 heteroatoms. The third kappa shape index (κ3) is 3.17. The van der Waals surface area contributed by atoms with Gasteiger partial charge in [-0.1, -0.05) is 38.1 Å². The molecule has 1 N–H and O–H groups in total. The first kappa shape index (κ1) is 16.2. The summed E-state index contributed by atoms with van der Waals surface area (Å²) in [5.74, 6) is 0.435. The van der Waals surface area contributed by atoms with Crippen LogP contribution in [0.1, 0.15) is 48.4 Å². The number of aryl methyl sites for hydroxylation is 1. The molecule has 0 aliphatic heterocycles. The molecular weight excluding hydrogens is 282 g/mol. The van der Waals surface area contributed by atoms with E-state index in [1.54, 1.807) is 13.8 Å². The summed E-state index contributed by atoms with van der Waals surface area (Å²) in [7, 11) is 0. The van der Waals surface area contributed by atoms with Crippen LogP contribution in [0.2, 0.25) is 0 Å². The number of aromatic nitrogens is 2. The third-order valence-corrected chi connectivity index (χ3v) is 3.86. The first-order valence-corrected chi connectivity index (χ1v) is 7.27. The van der Waals surface area contributed by atoms with Crippen molar-refractivity contribution in [2.24, 2.45) is 0 Å². The molecule has 0 spiro atoms. The van der Waals surface area contributed by atoms with Gasteiger partial charge in [-0.25, -0.2) is 0 Å². The average molecular weight is 303 g/mol. The predicted octanol–water partition coefficient (Wildman–Crippen LogP) is 3.27. The molecule has 0 aliphatic rings. The van der Waals surface area contributed by atoms with E-state index < -0.39 is 11.0 Å². The fourth-order valence-corrected chi connectivity index (χ4v) is 2.50. The van der Waals surface area contributed by atoms with Crippen molar-refractivity contribution in [1.29, 1.82) is 0 Å². The minimum absolute atomic E-state index is 0.0161. The molecule has 0 aliphatic carbocycles. The Balaban J connectivity index is 2.20. The number of aliphatic hydroxyl groups excluding tert-OH is 1. The standard InChI is InChI=1S/C16H21N3O3/c1-10(2)13-5-7-14(8-6-13)15(20)9-18-12(4)16(19(21)22)11(3)17-18/h5-8,10,15,20H,9H2,1-4H3. The van der Waals surface area contributed by atoms with Gasteiger partial charge in [0.25, 0.3) is 0 Å². The van der Waals surface area contributed by atoms with E-state index in [0.717, 1.165) is 5.56 Å². The Labute approximate surface area is 129 Å². The van der Waals surface area contributed by atoms with Crippen molar-refractivity contribution in [3.05, 3.63) is 56.9 Å². The van der Waals surface area contributed by atoms with E-state index >= 15 is 0 Å². The van der Waals surface area contributed by atoms with Crippen LogP contribution in [0.4, 0.5) is 5.69 Å². The highest BCUT2D eigenvalue weighted by Crippen LogP contribution is 2.25. The van der Waals surface area contributed by atoms with Gasteiger partial charge in [0.05, 0.1) is 17.6 Å². The second-order valence-corrected chi connectivity index (χ2v) is 5.80. The second-order valence-electron chi connectivity index (χ2n) is 5.80. The van der Waals surface area contributed by atoms with E-state index in [1.165, 1.54) is 10.2 Å². The van der Waals surface area contributed by atoms with Crippen molar-refractivity contribution >= 4 is 5.69 Å². The Kier molecular flexibility index (Phi) is 4.61. The minimum Gasteiger partial charge on any atom is -0.386 e. The van der Waals surface area contributed by atoms with Gasteiger partial charge >= 0.3 is 5.69 Å². The molecule has 1 aromatic heterocycles. The summed E-state index contributed by atoms with van der Waals surface area (Å²) >= 11 is 0. The Bertz CT molecular complexity index is 675. The predicted molar refractivity (Wildman–Crippen MR) is 83.8 cm³/mol. The second kappa shape index (κ2) is 6.27. The summed E-state index contributed by atoms with van der Waals surface area (Å²) in [4.78, 5) is 10.6. The van der Waals surface area contributed by atoms with Crippen LogP contribution in [0.15, 0.2) is 24.3 Å². The number of nitro groups is 1. The lowest BCUT2D eigenvalue weighted by atomic mass is 10.00. The monoisotopic (exact) mass is 303 g/mol. The molecule has 0 saturated heterocycles. The lowest BCUT2D eigenvalue weighted by molar-refractivity contribution is -0.386. The zero-order valence-corrected chi connectivity index (χ0v) is 13.3. The van der Waals surface area contributed by atoms with Crippen LogP contribution in [0, 0.1) is 24.0 Å². The molecule has 0 amide bonds. The Hall–Kier alpha value is -2.21. The molecule has 22 heavy (non-hydrogen) atoms. The smallest absolute Gasteiger partial charge is 0.312 e. The maximum Gasteiger partial charge on any atom is 0.312 e. The van der Waals surface area contributed by atoms with Crippen LogP contribution in [-0.4, -0.2) is 19.8 Å². The summed E-state index contributed by atoms with van der Waals surface area (Å²) in [6.45, 7) is 7.67. The largest absolute Gasteiger partial charge is 0.386 e. The number of rotatable bonds is 5. The fraction of sp³-hybridized carbons (Fsp3) is 0.438. The summed E-state index contributed by atoms with van der Waals surface area (Å²) in [6, 6.07) is 7.76. The molecule has 1 unspecified atom stereocenters. The Morgan fingerprint density at radius 3 is 2.23 bits per heavy atom. The topological polar surface area (TPSA) is 81.2 Å². The molecule has 1 heterocycles. The van der Waals surface area contributed by atoms with Gasteiger partial charge in [-0.3, -0.25) is 14.8 Å². The number of aliphatic hydroxyl groups is 1. The maximum atomic E-state index is 11.0. The van der Waals surface area contributed by atoms with Gasteiger partial charge < -0.3 is 5.11 Å². The molecule has 2 rings (SSSR count).